The molecule has 2 unspecified atom stereocenters. The number of carboxylic acids is 1. The van der Waals surface area contributed by atoms with Crippen LogP contribution in [-0.4, -0.2) is 17.3 Å². The molecule has 2 rings (SSSR count). The van der Waals surface area contributed by atoms with Crippen LogP contribution in [-0.2, 0) is 4.79 Å². The molecule has 0 aromatic heterocycles. The SMILES string of the molecule is CS1(N=O)C2=C1C(C(=O)O)CC2. The Bertz CT molecular complexity index is 312. The molecule has 1 N–H and O–H groups in total. The van der Waals surface area contributed by atoms with E-state index in [0.717, 1.165) is 16.2 Å². The highest BCUT2D eigenvalue weighted by Gasteiger charge is 2.56. The van der Waals surface area contributed by atoms with Crippen LogP contribution in [0, 0.1) is 10.8 Å². The quantitative estimate of drug-likeness (QED) is 0.670. The molecular weight excluding hydrogens is 178 g/mol. The van der Waals surface area contributed by atoms with Crippen LogP contribution in [0.4, 0.5) is 0 Å². The fourth-order valence-corrected chi connectivity index (χ4v) is 4.66. The number of nitroso groups, excluding NO2 is 1. The molecule has 0 saturated carbocycles. The Kier molecular flexibility index (Phi) is 1.36. The average molecular weight is 187 g/mol. The lowest BCUT2D eigenvalue weighted by Crippen LogP contribution is -2.12. The molecule has 0 amide bonds. The van der Waals surface area contributed by atoms with E-state index in [0.29, 0.717) is 6.42 Å². The summed E-state index contributed by atoms with van der Waals surface area (Å²) < 4.78 is 3.05. The van der Waals surface area contributed by atoms with Gasteiger partial charge in [0, 0.05) is 9.81 Å². The number of hydrogen-bond donors (Lipinski definition) is 1. The second kappa shape index (κ2) is 2.10. The van der Waals surface area contributed by atoms with Gasteiger partial charge in [0.1, 0.15) is 0 Å². The van der Waals surface area contributed by atoms with Crippen molar-refractivity contribution >= 4 is 16.2 Å². The highest BCUT2D eigenvalue weighted by molar-refractivity contribution is 8.43. The summed E-state index contributed by atoms with van der Waals surface area (Å²) in [5, 5.41) is 8.77. The molecule has 1 heterocycles. The van der Waals surface area contributed by atoms with E-state index in [2.05, 4.69) is 4.58 Å². The largest absolute Gasteiger partial charge is 0.481 e. The van der Waals surface area contributed by atoms with Crippen molar-refractivity contribution in [1.82, 2.24) is 0 Å². The molecular formula is C7H9NO3S. The average Bonchev–Trinajstić information content (AvgIpc) is 2.50. The van der Waals surface area contributed by atoms with Gasteiger partial charge in [0.15, 0.2) is 0 Å². The normalized spacial score (nSPS) is 43.2. The van der Waals surface area contributed by atoms with Crippen LogP contribution in [0.5, 0.6) is 0 Å². The van der Waals surface area contributed by atoms with Crippen LogP contribution in [0.3, 0.4) is 0 Å². The second-order valence-electron chi connectivity index (χ2n) is 3.17. The maximum Gasteiger partial charge on any atom is 0.311 e. The number of nitrogens with zero attached hydrogens (tertiary/aromatic N) is 1. The van der Waals surface area contributed by atoms with Gasteiger partial charge in [-0.1, -0.05) is 10.2 Å². The van der Waals surface area contributed by atoms with Crippen molar-refractivity contribution in [1.29, 1.82) is 0 Å². The Balaban J connectivity index is 2.23. The third-order valence-corrected chi connectivity index (χ3v) is 5.43. The van der Waals surface area contributed by atoms with Gasteiger partial charge < -0.3 is 5.11 Å². The Morgan fingerprint density at radius 1 is 1.75 bits per heavy atom. The first-order chi connectivity index (χ1) is 5.61. The van der Waals surface area contributed by atoms with Crippen LogP contribution < -0.4 is 0 Å². The summed E-state index contributed by atoms with van der Waals surface area (Å²) >= 11 is 0. The molecule has 2 atom stereocenters. The molecule has 1 aliphatic heterocycles. The molecule has 0 radical (unpaired) electrons. The molecule has 0 fully saturated rings. The molecule has 66 valence electrons. The molecule has 0 saturated heterocycles. The van der Waals surface area contributed by atoms with Crippen molar-refractivity contribution in [2.24, 2.45) is 10.5 Å². The van der Waals surface area contributed by atoms with Crippen molar-refractivity contribution in [2.75, 3.05) is 6.26 Å². The van der Waals surface area contributed by atoms with E-state index < -0.39 is 22.1 Å². The van der Waals surface area contributed by atoms with E-state index >= 15 is 0 Å². The maximum atomic E-state index is 10.7. The minimum Gasteiger partial charge on any atom is -0.481 e. The first-order valence-electron chi connectivity index (χ1n) is 3.70. The van der Waals surface area contributed by atoms with Crippen LogP contribution >= 0.6 is 10.2 Å². The van der Waals surface area contributed by atoms with Crippen LogP contribution in [0.25, 0.3) is 0 Å². The first-order valence-corrected chi connectivity index (χ1v) is 5.70. The Labute approximate surface area is 71.1 Å². The van der Waals surface area contributed by atoms with Crippen molar-refractivity contribution in [2.45, 2.75) is 12.8 Å². The molecule has 0 bridgehead atoms. The Morgan fingerprint density at radius 2 is 2.42 bits per heavy atom. The third kappa shape index (κ3) is 0.717. The van der Waals surface area contributed by atoms with E-state index in [-0.39, 0.29) is 0 Å². The highest BCUT2D eigenvalue weighted by Crippen LogP contribution is 2.82. The first kappa shape index (κ1) is 7.79. The van der Waals surface area contributed by atoms with Crippen molar-refractivity contribution in [3.8, 4) is 0 Å². The van der Waals surface area contributed by atoms with E-state index in [1.807, 2.05) is 0 Å². The summed E-state index contributed by atoms with van der Waals surface area (Å²) in [7, 11) is -1.57. The van der Waals surface area contributed by atoms with Gasteiger partial charge in [0.25, 0.3) is 0 Å². The zero-order valence-electron chi connectivity index (χ0n) is 6.61. The fourth-order valence-electron chi connectivity index (χ4n) is 1.88. The summed E-state index contributed by atoms with van der Waals surface area (Å²) in [4.78, 5) is 23.0. The van der Waals surface area contributed by atoms with Gasteiger partial charge in [-0.2, -0.15) is 0 Å². The van der Waals surface area contributed by atoms with Gasteiger partial charge in [0.05, 0.1) is 5.92 Å². The molecule has 4 nitrogen and oxygen atoms in total. The van der Waals surface area contributed by atoms with Crippen molar-refractivity contribution in [3.63, 3.8) is 0 Å². The van der Waals surface area contributed by atoms with Crippen LogP contribution in [0.1, 0.15) is 12.8 Å². The molecule has 0 aromatic rings. The second-order valence-corrected chi connectivity index (χ2v) is 6.00. The minimum absolute atomic E-state index is 0.405. The number of carboxylic acid groups (broad SMARTS) is 1. The molecule has 2 aliphatic rings. The van der Waals surface area contributed by atoms with Gasteiger partial charge in [0.2, 0.25) is 0 Å². The smallest absolute Gasteiger partial charge is 0.311 e. The summed E-state index contributed by atoms with van der Waals surface area (Å²) in [6.45, 7) is 0. The van der Waals surface area contributed by atoms with E-state index in [9.17, 15) is 9.70 Å². The predicted octanol–water partition coefficient (Wildman–Crippen LogP) is 1.82. The monoisotopic (exact) mass is 187 g/mol. The van der Waals surface area contributed by atoms with Gasteiger partial charge in [-0.3, -0.25) is 4.79 Å². The molecule has 12 heavy (non-hydrogen) atoms. The van der Waals surface area contributed by atoms with Gasteiger partial charge in [-0.05, 0) is 23.7 Å². The zero-order chi connectivity index (χ0) is 8.93. The number of rotatable bonds is 2. The topological polar surface area (TPSA) is 66.7 Å². The predicted molar refractivity (Wildman–Crippen MR) is 46.7 cm³/mol. The van der Waals surface area contributed by atoms with E-state index in [1.165, 1.54) is 0 Å². The summed E-state index contributed by atoms with van der Waals surface area (Å²) in [5.74, 6) is -1.21. The van der Waals surface area contributed by atoms with E-state index in [4.69, 9.17) is 5.11 Å². The number of aliphatic carboxylic acids is 1. The van der Waals surface area contributed by atoms with E-state index in [1.54, 1.807) is 6.26 Å². The highest BCUT2D eigenvalue weighted by atomic mass is 32.3. The molecule has 0 aromatic carbocycles. The standard InChI is InChI=1S/C7H9NO3S/c1-12(8-11)5-3-2-4(6(5)12)7(9)10/h4H,2-3H2,1H3,(H,9,10). The summed E-state index contributed by atoms with van der Waals surface area (Å²) in [6.07, 6.45) is 3.21. The Hall–Kier alpha value is -0.840. The van der Waals surface area contributed by atoms with Gasteiger partial charge in [-0.25, -0.2) is 0 Å². The van der Waals surface area contributed by atoms with Crippen molar-refractivity contribution in [3.05, 3.63) is 14.7 Å². The lowest BCUT2D eigenvalue weighted by atomic mass is 10.1. The summed E-state index contributed by atoms with van der Waals surface area (Å²) in [5.41, 5.74) is 0. The molecule has 5 heteroatoms. The minimum atomic E-state index is -1.57. The van der Waals surface area contributed by atoms with Crippen LogP contribution in [0.15, 0.2) is 14.4 Å². The number of hydrogen-bond acceptors (Lipinski definition) is 3. The fraction of sp³-hybridized carbons (Fsp3) is 0.571. The van der Waals surface area contributed by atoms with Gasteiger partial charge >= 0.3 is 5.97 Å². The van der Waals surface area contributed by atoms with Crippen molar-refractivity contribution < 1.29 is 9.90 Å². The lowest BCUT2D eigenvalue weighted by Gasteiger charge is -2.17. The molecule has 0 spiro atoms. The number of carbonyl (C=O) groups is 1. The third-order valence-electron chi connectivity index (χ3n) is 2.56. The number of allylic oxidation sites excluding steroid dienone is 1. The molecule has 1 aliphatic carbocycles. The Morgan fingerprint density at radius 3 is 2.83 bits per heavy atom. The maximum absolute atomic E-state index is 10.7. The summed E-state index contributed by atoms with van der Waals surface area (Å²) in [6, 6.07) is 0. The van der Waals surface area contributed by atoms with Gasteiger partial charge in [-0.15, -0.1) is 4.91 Å². The lowest BCUT2D eigenvalue weighted by molar-refractivity contribution is -0.140. The van der Waals surface area contributed by atoms with Crippen LogP contribution in [0.2, 0.25) is 0 Å². The zero-order valence-corrected chi connectivity index (χ0v) is 7.43.